The Balaban J connectivity index is 1.77. The summed E-state index contributed by atoms with van der Waals surface area (Å²) in [5.41, 5.74) is 0.260. The first-order valence-corrected chi connectivity index (χ1v) is 11.6. The van der Waals surface area contributed by atoms with Gasteiger partial charge in [0.2, 0.25) is 0 Å². The summed E-state index contributed by atoms with van der Waals surface area (Å²) >= 11 is 0. The molecule has 0 aliphatic carbocycles. The van der Waals surface area contributed by atoms with E-state index < -0.39 is 35.1 Å². The molecule has 1 aliphatic heterocycles. The summed E-state index contributed by atoms with van der Waals surface area (Å²) in [6, 6.07) is 6.83. The van der Waals surface area contributed by atoms with Gasteiger partial charge in [0.05, 0.1) is 11.7 Å². The van der Waals surface area contributed by atoms with E-state index in [9.17, 15) is 24.3 Å². The van der Waals surface area contributed by atoms with Gasteiger partial charge in [-0.2, -0.15) is 0 Å². The lowest BCUT2D eigenvalue weighted by atomic mass is 10.0. The highest BCUT2D eigenvalue weighted by atomic mass is 16.6. The first kappa shape index (κ1) is 25.0. The molecule has 1 unspecified atom stereocenters. The zero-order chi connectivity index (χ0) is 26.4. The molecule has 1 saturated heterocycles. The van der Waals surface area contributed by atoms with E-state index in [0.29, 0.717) is 12.1 Å². The van der Waals surface area contributed by atoms with Crippen molar-refractivity contribution in [2.45, 2.75) is 38.8 Å². The molecule has 1 aromatic carbocycles. The van der Waals surface area contributed by atoms with Crippen molar-refractivity contribution in [2.75, 3.05) is 19.6 Å². The fourth-order valence-corrected chi connectivity index (χ4v) is 4.46. The van der Waals surface area contributed by atoms with E-state index in [2.05, 4.69) is 4.98 Å². The number of ether oxygens (including phenoxy) is 1. The summed E-state index contributed by atoms with van der Waals surface area (Å²) in [6.07, 6.45) is 0.236. The molecule has 3 heterocycles. The molecule has 12 nitrogen and oxygen atoms in total. The smallest absolute Gasteiger partial charge is 0.410 e. The number of hydrogen-bond donors (Lipinski definition) is 1. The molecule has 0 bridgehead atoms. The van der Waals surface area contributed by atoms with Crippen LogP contribution in [0.15, 0.2) is 40.2 Å². The molecule has 1 N–H and O–H groups in total. The number of nitrogens with zero attached hydrogens (tertiary/aromatic N) is 6. The maximum Gasteiger partial charge on any atom is 0.410 e. The van der Waals surface area contributed by atoms with Crippen molar-refractivity contribution in [3.63, 3.8) is 0 Å². The number of para-hydroxylation sites is 1. The van der Waals surface area contributed by atoms with Gasteiger partial charge in [-0.25, -0.2) is 19.4 Å². The lowest BCUT2D eigenvalue weighted by Gasteiger charge is -2.41. The second-order valence-electron chi connectivity index (χ2n) is 9.88. The number of benzene rings is 1. The number of aromatic nitrogens is 4. The van der Waals surface area contributed by atoms with E-state index in [1.807, 2.05) is 24.3 Å². The summed E-state index contributed by atoms with van der Waals surface area (Å²) in [7, 11) is 2.96. The Hall–Kier alpha value is -4.09. The van der Waals surface area contributed by atoms with Gasteiger partial charge in [0.25, 0.3) is 5.56 Å². The second kappa shape index (κ2) is 9.17. The van der Waals surface area contributed by atoms with Crippen molar-refractivity contribution in [3.05, 3.63) is 57.0 Å². The van der Waals surface area contributed by atoms with Crippen LogP contribution in [-0.4, -0.2) is 77.1 Å². The second-order valence-corrected chi connectivity index (χ2v) is 9.88. The Morgan fingerprint density at radius 3 is 2.47 bits per heavy atom. The molecule has 0 spiro atoms. The van der Waals surface area contributed by atoms with Crippen LogP contribution in [-0.2, 0) is 25.3 Å². The summed E-state index contributed by atoms with van der Waals surface area (Å²) < 4.78 is 9.55. The van der Waals surface area contributed by atoms with E-state index >= 15 is 0 Å². The first-order valence-electron chi connectivity index (χ1n) is 11.6. The van der Waals surface area contributed by atoms with Gasteiger partial charge >= 0.3 is 17.9 Å². The number of rotatable bonds is 3. The molecule has 0 radical (unpaired) electrons. The summed E-state index contributed by atoms with van der Waals surface area (Å²) in [5, 5.41) is 9.58. The SMILES string of the molecule is Cn1c(=O)c2c(ncn2-c2ccccc2CC2CN(C(=O)O)CCN2C(=O)OC(C)(C)C)n(C)c1=O. The molecule has 192 valence electrons. The number of amides is 2. The molecule has 1 aliphatic rings. The van der Waals surface area contributed by atoms with Crippen molar-refractivity contribution < 1.29 is 19.4 Å². The van der Waals surface area contributed by atoms with Crippen molar-refractivity contribution >= 4 is 23.4 Å². The minimum Gasteiger partial charge on any atom is -0.465 e. The van der Waals surface area contributed by atoms with Crippen LogP contribution < -0.4 is 11.2 Å². The lowest BCUT2D eigenvalue weighted by Crippen LogP contribution is -2.57. The van der Waals surface area contributed by atoms with Gasteiger partial charge in [0, 0.05) is 33.7 Å². The average molecular weight is 499 g/mol. The van der Waals surface area contributed by atoms with E-state index in [-0.39, 0.29) is 30.8 Å². The van der Waals surface area contributed by atoms with Crippen LogP contribution in [0.3, 0.4) is 0 Å². The normalized spacial score (nSPS) is 16.4. The summed E-state index contributed by atoms with van der Waals surface area (Å²) in [5.74, 6) is 0. The van der Waals surface area contributed by atoms with E-state index in [4.69, 9.17) is 4.74 Å². The Morgan fingerprint density at radius 1 is 1.11 bits per heavy atom. The Bertz CT molecular complexity index is 1450. The first-order chi connectivity index (χ1) is 16.9. The van der Waals surface area contributed by atoms with Crippen LogP contribution in [0.2, 0.25) is 0 Å². The Kier molecular flexibility index (Phi) is 6.37. The van der Waals surface area contributed by atoms with E-state index in [1.54, 1.807) is 37.3 Å². The third-order valence-corrected chi connectivity index (χ3v) is 6.23. The summed E-state index contributed by atoms with van der Waals surface area (Å²) in [6.45, 7) is 5.83. The molecule has 0 saturated carbocycles. The molecule has 12 heteroatoms. The third-order valence-electron chi connectivity index (χ3n) is 6.23. The maximum absolute atomic E-state index is 13.0. The van der Waals surface area contributed by atoms with Crippen molar-refractivity contribution in [1.29, 1.82) is 0 Å². The van der Waals surface area contributed by atoms with Gasteiger partial charge in [0.15, 0.2) is 11.2 Å². The highest BCUT2D eigenvalue weighted by molar-refractivity contribution is 5.73. The van der Waals surface area contributed by atoms with Crippen LogP contribution >= 0.6 is 0 Å². The molecule has 4 rings (SSSR count). The number of fused-ring (bicyclic) bond motifs is 1. The van der Waals surface area contributed by atoms with Crippen molar-refractivity contribution in [2.24, 2.45) is 14.1 Å². The van der Waals surface area contributed by atoms with Gasteiger partial charge in [-0.3, -0.25) is 18.5 Å². The third kappa shape index (κ3) is 4.58. The fraction of sp³-hybridized carbons (Fsp3) is 0.458. The maximum atomic E-state index is 13.0. The van der Waals surface area contributed by atoms with Gasteiger partial charge in [0.1, 0.15) is 11.9 Å². The zero-order valence-corrected chi connectivity index (χ0v) is 21.0. The topological polar surface area (TPSA) is 132 Å². The van der Waals surface area contributed by atoms with Gasteiger partial charge < -0.3 is 19.6 Å². The molecular weight excluding hydrogens is 468 g/mol. The number of carbonyl (C=O) groups excluding carboxylic acids is 1. The van der Waals surface area contributed by atoms with Gasteiger partial charge in [-0.1, -0.05) is 18.2 Å². The number of piperazine rings is 1. The molecule has 1 fully saturated rings. The zero-order valence-electron chi connectivity index (χ0n) is 21.0. The van der Waals surface area contributed by atoms with Crippen LogP contribution in [0, 0.1) is 0 Å². The molecule has 1 atom stereocenters. The van der Waals surface area contributed by atoms with Crippen LogP contribution in [0.25, 0.3) is 16.9 Å². The summed E-state index contributed by atoms with van der Waals surface area (Å²) in [4.78, 5) is 57.2. The molecule has 3 aromatic rings. The van der Waals surface area contributed by atoms with E-state index in [1.165, 1.54) is 22.8 Å². The number of aryl methyl sites for hydroxylation is 1. The largest absolute Gasteiger partial charge is 0.465 e. The van der Waals surface area contributed by atoms with Crippen LogP contribution in [0.5, 0.6) is 0 Å². The predicted octanol–water partition coefficient (Wildman–Crippen LogP) is 1.56. The highest BCUT2D eigenvalue weighted by Gasteiger charge is 2.35. The van der Waals surface area contributed by atoms with Crippen molar-refractivity contribution in [3.8, 4) is 5.69 Å². The molecule has 36 heavy (non-hydrogen) atoms. The number of carboxylic acid groups (broad SMARTS) is 1. The lowest BCUT2D eigenvalue weighted by molar-refractivity contribution is -0.0000235. The van der Waals surface area contributed by atoms with Crippen LogP contribution in [0.4, 0.5) is 9.59 Å². The number of imidazole rings is 1. The van der Waals surface area contributed by atoms with Crippen LogP contribution in [0.1, 0.15) is 26.3 Å². The minimum absolute atomic E-state index is 0.115. The van der Waals surface area contributed by atoms with E-state index in [0.717, 1.165) is 10.1 Å². The van der Waals surface area contributed by atoms with Crippen molar-refractivity contribution in [1.82, 2.24) is 28.5 Å². The molecule has 2 aromatic heterocycles. The number of hydrogen-bond acceptors (Lipinski definition) is 6. The standard InChI is InChI=1S/C24H30N6O6/c1-24(2,3)36-23(35)29-11-10-28(22(33)34)13-16(29)12-15-8-6-7-9-17(15)30-14-25-19-18(30)20(31)27(5)21(32)26(19)4/h6-9,14,16H,10-13H2,1-5H3,(H,33,34). The monoisotopic (exact) mass is 498 g/mol. The average Bonchev–Trinajstić information content (AvgIpc) is 3.25. The highest BCUT2D eigenvalue weighted by Crippen LogP contribution is 2.24. The quantitative estimate of drug-likeness (QED) is 0.580. The number of carbonyl (C=O) groups is 2. The van der Waals surface area contributed by atoms with Gasteiger partial charge in [-0.05, 0) is 38.8 Å². The van der Waals surface area contributed by atoms with Gasteiger partial charge in [-0.15, -0.1) is 0 Å². The Morgan fingerprint density at radius 2 is 1.81 bits per heavy atom. The molecular formula is C24H30N6O6. The Labute approximate surface area is 206 Å². The molecule has 2 amide bonds. The minimum atomic E-state index is -1.05. The predicted molar refractivity (Wildman–Crippen MR) is 132 cm³/mol. The fourth-order valence-electron chi connectivity index (χ4n) is 4.46.